The molecule has 88 valence electrons. The number of pyridine rings is 1. The van der Waals surface area contributed by atoms with Crippen LogP contribution in [0.15, 0.2) is 54.6 Å². The molecule has 0 radical (unpaired) electrons. The van der Waals surface area contributed by atoms with Gasteiger partial charge < -0.3 is 5.73 Å². The monoisotopic (exact) mass is 254 g/mol. The average molecular weight is 255 g/mol. The number of anilines is 1. The highest BCUT2D eigenvalue weighted by Crippen LogP contribution is 2.30. The lowest BCUT2D eigenvalue weighted by Crippen LogP contribution is -1.92. The summed E-state index contributed by atoms with van der Waals surface area (Å²) in [6.07, 6.45) is 0. The molecule has 18 heavy (non-hydrogen) atoms. The quantitative estimate of drug-likeness (QED) is 0.524. The van der Waals surface area contributed by atoms with Gasteiger partial charge in [-0.25, -0.2) is 4.98 Å². The third kappa shape index (κ3) is 1.81. The number of benzene rings is 2. The van der Waals surface area contributed by atoms with Crippen molar-refractivity contribution in [3.05, 3.63) is 59.8 Å². The Morgan fingerprint density at radius 1 is 0.944 bits per heavy atom. The van der Waals surface area contributed by atoms with Gasteiger partial charge in [0.15, 0.2) is 0 Å². The van der Waals surface area contributed by atoms with E-state index in [-0.39, 0.29) is 0 Å². The molecule has 0 aliphatic rings. The van der Waals surface area contributed by atoms with E-state index in [1.807, 2.05) is 54.6 Å². The van der Waals surface area contributed by atoms with Crippen molar-refractivity contribution in [3.8, 4) is 11.3 Å². The van der Waals surface area contributed by atoms with Crippen molar-refractivity contribution in [1.82, 2.24) is 4.98 Å². The molecule has 0 saturated carbocycles. The van der Waals surface area contributed by atoms with Crippen LogP contribution in [0, 0.1) is 0 Å². The van der Waals surface area contributed by atoms with Gasteiger partial charge in [-0.05, 0) is 17.5 Å². The zero-order valence-electron chi connectivity index (χ0n) is 9.60. The Labute approximate surface area is 110 Å². The SMILES string of the molecule is Nc1ccccc1-c1cc2ccccc2c(Cl)n1. The maximum atomic E-state index is 6.21. The lowest BCUT2D eigenvalue weighted by molar-refractivity contribution is 1.36. The van der Waals surface area contributed by atoms with E-state index in [4.69, 9.17) is 17.3 Å². The third-order valence-electron chi connectivity index (χ3n) is 2.93. The molecule has 0 spiro atoms. The van der Waals surface area contributed by atoms with Gasteiger partial charge in [0.1, 0.15) is 5.15 Å². The summed E-state index contributed by atoms with van der Waals surface area (Å²) in [4.78, 5) is 4.42. The van der Waals surface area contributed by atoms with E-state index in [9.17, 15) is 0 Å². The van der Waals surface area contributed by atoms with Crippen LogP contribution in [0.3, 0.4) is 0 Å². The number of halogens is 1. The summed E-state index contributed by atoms with van der Waals surface area (Å²) in [6, 6.07) is 17.6. The van der Waals surface area contributed by atoms with E-state index in [0.29, 0.717) is 10.8 Å². The van der Waals surface area contributed by atoms with Gasteiger partial charge in [-0.15, -0.1) is 0 Å². The van der Waals surface area contributed by atoms with Crippen molar-refractivity contribution >= 4 is 28.1 Å². The first kappa shape index (κ1) is 11.1. The molecule has 0 aliphatic carbocycles. The fourth-order valence-corrected chi connectivity index (χ4v) is 2.29. The first-order valence-corrected chi connectivity index (χ1v) is 6.03. The van der Waals surface area contributed by atoms with E-state index >= 15 is 0 Å². The van der Waals surface area contributed by atoms with Gasteiger partial charge in [-0.2, -0.15) is 0 Å². The Morgan fingerprint density at radius 3 is 2.50 bits per heavy atom. The number of nitrogens with zero attached hydrogens (tertiary/aromatic N) is 1. The number of fused-ring (bicyclic) bond motifs is 1. The maximum Gasteiger partial charge on any atom is 0.137 e. The van der Waals surface area contributed by atoms with Crippen molar-refractivity contribution in [3.63, 3.8) is 0 Å². The molecule has 0 saturated heterocycles. The Balaban J connectivity index is 2.28. The molecule has 0 aliphatic heterocycles. The van der Waals surface area contributed by atoms with E-state index in [1.54, 1.807) is 0 Å². The summed E-state index contributed by atoms with van der Waals surface area (Å²) in [6.45, 7) is 0. The largest absolute Gasteiger partial charge is 0.398 e. The van der Waals surface area contributed by atoms with Gasteiger partial charge in [-0.1, -0.05) is 54.1 Å². The van der Waals surface area contributed by atoms with Gasteiger partial charge in [-0.3, -0.25) is 0 Å². The van der Waals surface area contributed by atoms with Crippen molar-refractivity contribution < 1.29 is 0 Å². The van der Waals surface area contributed by atoms with Crippen molar-refractivity contribution in [2.45, 2.75) is 0 Å². The first-order chi connectivity index (χ1) is 8.75. The number of aromatic nitrogens is 1. The van der Waals surface area contributed by atoms with Crippen molar-refractivity contribution in [2.24, 2.45) is 0 Å². The molecule has 3 heteroatoms. The second-order valence-electron chi connectivity index (χ2n) is 4.11. The highest BCUT2D eigenvalue weighted by molar-refractivity contribution is 6.34. The maximum absolute atomic E-state index is 6.21. The minimum absolute atomic E-state index is 0.506. The minimum atomic E-state index is 0.506. The number of hydrogen-bond acceptors (Lipinski definition) is 2. The number of nitrogens with two attached hydrogens (primary N) is 1. The fourth-order valence-electron chi connectivity index (χ4n) is 2.02. The predicted octanol–water partition coefficient (Wildman–Crippen LogP) is 4.14. The molecule has 3 aromatic rings. The van der Waals surface area contributed by atoms with Crippen LogP contribution in [-0.4, -0.2) is 4.98 Å². The Hall–Kier alpha value is -2.06. The lowest BCUT2D eigenvalue weighted by Gasteiger charge is -2.07. The van der Waals surface area contributed by atoms with E-state index in [0.717, 1.165) is 22.0 Å². The second kappa shape index (κ2) is 4.31. The number of nitrogen functional groups attached to an aromatic ring is 1. The number of rotatable bonds is 1. The van der Waals surface area contributed by atoms with E-state index < -0.39 is 0 Å². The van der Waals surface area contributed by atoms with Crippen molar-refractivity contribution in [2.75, 3.05) is 5.73 Å². The zero-order valence-corrected chi connectivity index (χ0v) is 10.4. The molecule has 0 atom stereocenters. The third-order valence-corrected chi connectivity index (χ3v) is 3.22. The highest BCUT2D eigenvalue weighted by Gasteiger charge is 2.07. The normalized spacial score (nSPS) is 10.7. The molecule has 2 aromatic carbocycles. The van der Waals surface area contributed by atoms with Crippen LogP contribution >= 0.6 is 11.6 Å². The summed E-state index contributed by atoms with van der Waals surface area (Å²) >= 11 is 6.21. The molecule has 0 fully saturated rings. The molecule has 2 nitrogen and oxygen atoms in total. The fraction of sp³-hybridized carbons (Fsp3) is 0. The van der Waals surface area contributed by atoms with Gasteiger partial charge in [0.05, 0.1) is 5.69 Å². The zero-order chi connectivity index (χ0) is 12.5. The van der Waals surface area contributed by atoms with Crippen LogP contribution in [0.1, 0.15) is 0 Å². The predicted molar refractivity (Wildman–Crippen MR) is 76.6 cm³/mol. The topological polar surface area (TPSA) is 38.9 Å². The van der Waals surface area contributed by atoms with Crippen LogP contribution in [0.5, 0.6) is 0 Å². The molecular weight excluding hydrogens is 244 g/mol. The van der Waals surface area contributed by atoms with E-state index in [2.05, 4.69) is 4.98 Å². The van der Waals surface area contributed by atoms with Crippen LogP contribution < -0.4 is 5.73 Å². The van der Waals surface area contributed by atoms with Gasteiger partial charge in [0, 0.05) is 16.6 Å². The minimum Gasteiger partial charge on any atom is -0.398 e. The van der Waals surface area contributed by atoms with Crippen LogP contribution in [-0.2, 0) is 0 Å². The number of para-hydroxylation sites is 1. The summed E-state index contributed by atoms with van der Waals surface area (Å²) < 4.78 is 0. The molecule has 1 aromatic heterocycles. The summed E-state index contributed by atoms with van der Waals surface area (Å²) in [5.74, 6) is 0. The van der Waals surface area contributed by atoms with Crippen LogP contribution in [0.2, 0.25) is 5.15 Å². The van der Waals surface area contributed by atoms with Crippen LogP contribution in [0.4, 0.5) is 5.69 Å². The Bertz CT molecular complexity index is 723. The molecule has 0 amide bonds. The first-order valence-electron chi connectivity index (χ1n) is 5.66. The molecule has 1 heterocycles. The van der Waals surface area contributed by atoms with Gasteiger partial charge in [0.25, 0.3) is 0 Å². The summed E-state index contributed by atoms with van der Waals surface area (Å²) in [5, 5.41) is 2.53. The molecular formula is C15H11ClN2. The Kier molecular flexibility index (Phi) is 2.65. The van der Waals surface area contributed by atoms with Gasteiger partial charge in [0.2, 0.25) is 0 Å². The van der Waals surface area contributed by atoms with Gasteiger partial charge >= 0.3 is 0 Å². The molecule has 3 rings (SSSR count). The van der Waals surface area contributed by atoms with Crippen molar-refractivity contribution in [1.29, 1.82) is 0 Å². The number of hydrogen-bond donors (Lipinski definition) is 1. The standard InChI is InChI=1S/C15H11ClN2/c16-15-11-6-2-1-5-10(11)9-14(18-15)12-7-3-4-8-13(12)17/h1-9H,17H2. The lowest BCUT2D eigenvalue weighted by atomic mass is 10.1. The highest BCUT2D eigenvalue weighted by atomic mass is 35.5. The Morgan fingerprint density at radius 2 is 1.67 bits per heavy atom. The molecule has 2 N–H and O–H groups in total. The molecule has 0 bridgehead atoms. The summed E-state index contributed by atoms with van der Waals surface area (Å²) in [5.41, 5.74) is 8.38. The second-order valence-corrected chi connectivity index (χ2v) is 4.46. The molecule has 0 unspecified atom stereocenters. The van der Waals surface area contributed by atoms with E-state index in [1.165, 1.54) is 0 Å². The smallest absolute Gasteiger partial charge is 0.137 e. The average Bonchev–Trinajstić information content (AvgIpc) is 2.39. The van der Waals surface area contributed by atoms with Crippen LogP contribution in [0.25, 0.3) is 22.0 Å². The summed E-state index contributed by atoms with van der Waals surface area (Å²) in [7, 11) is 0.